The van der Waals surface area contributed by atoms with Crippen molar-refractivity contribution in [2.24, 2.45) is 0 Å². The molecule has 0 saturated heterocycles. The fourth-order valence-electron chi connectivity index (χ4n) is 1.91. The van der Waals surface area contributed by atoms with Gasteiger partial charge in [-0.1, -0.05) is 6.92 Å². The molecule has 1 aromatic rings. The first-order valence-corrected chi connectivity index (χ1v) is 7.76. The highest BCUT2D eigenvalue weighted by Gasteiger charge is 2.23. The third kappa shape index (κ3) is 3.66. The first-order valence-electron chi connectivity index (χ1n) is 6.60. The van der Waals surface area contributed by atoms with Crippen LogP contribution in [0.25, 0.3) is 0 Å². The smallest absolute Gasteiger partial charge is 0.203 e. The van der Waals surface area contributed by atoms with Crippen LogP contribution in [0.5, 0.6) is 0 Å². The molecule has 0 spiro atoms. The van der Waals surface area contributed by atoms with E-state index in [0.717, 1.165) is 11.6 Å². The average molecular weight is 253 g/mol. The van der Waals surface area contributed by atoms with Gasteiger partial charge in [0.25, 0.3) is 0 Å². The van der Waals surface area contributed by atoms with Gasteiger partial charge in [0.2, 0.25) is 5.95 Å². The van der Waals surface area contributed by atoms with Crippen LogP contribution >= 0.6 is 11.8 Å². The van der Waals surface area contributed by atoms with E-state index in [-0.39, 0.29) is 0 Å². The number of imidazole rings is 1. The molecule has 1 aliphatic carbocycles. The number of rotatable bonds is 7. The van der Waals surface area contributed by atoms with Crippen molar-refractivity contribution in [3.63, 3.8) is 0 Å². The van der Waals surface area contributed by atoms with Crippen LogP contribution < -0.4 is 5.32 Å². The highest BCUT2D eigenvalue weighted by atomic mass is 32.2. The monoisotopic (exact) mass is 253 g/mol. The highest BCUT2D eigenvalue weighted by Crippen LogP contribution is 2.27. The van der Waals surface area contributed by atoms with E-state index in [1.165, 1.54) is 30.8 Å². The SMILES string of the molecule is CCSCCC(C)n1cc(C)nc1NC1CC1. The van der Waals surface area contributed by atoms with E-state index in [1.54, 1.807) is 0 Å². The number of hydrogen-bond donors (Lipinski definition) is 1. The molecule has 1 fully saturated rings. The summed E-state index contributed by atoms with van der Waals surface area (Å²) in [7, 11) is 0. The molecule has 1 heterocycles. The van der Waals surface area contributed by atoms with Crippen LogP contribution in [-0.2, 0) is 0 Å². The molecule has 0 bridgehead atoms. The van der Waals surface area contributed by atoms with Crippen molar-refractivity contribution in [3.05, 3.63) is 11.9 Å². The summed E-state index contributed by atoms with van der Waals surface area (Å²) in [5, 5.41) is 3.52. The number of nitrogens with one attached hydrogen (secondary N) is 1. The average Bonchev–Trinajstić information content (AvgIpc) is 3.02. The van der Waals surface area contributed by atoms with E-state index in [4.69, 9.17) is 0 Å². The summed E-state index contributed by atoms with van der Waals surface area (Å²) in [6.07, 6.45) is 5.98. The minimum absolute atomic E-state index is 0.538. The molecule has 1 aromatic heterocycles. The molecule has 1 saturated carbocycles. The molecule has 0 aromatic carbocycles. The largest absolute Gasteiger partial charge is 0.353 e. The van der Waals surface area contributed by atoms with E-state index in [9.17, 15) is 0 Å². The van der Waals surface area contributed by atoms with Crippen LogP contribution in [0.15, 0.2) is 6.20 Å². The summed E-state index contributed by atoms with van der Waals surface area (Å²) in [6.45, 7) is 6.58. The highest BCUT2D eigenvalue weighted by molar-refractivity contribution is 7.99. The van der Waals surface area contributed by atoms with E-state index < -0.39 is 0 Å². The van der Waals surface area contributed by atoms with Crippen molar-refractivity contribution < 1.29 is 0 Å². The van der Waals surface area contributed by atoms with Gasteiger partial charge in [0.1, 0.15) is 0 Å². The number of thioether (sulfide) groups is 1. The van der Waals surface area contributed by atoms with Gasteiger partial charge in [0.15, 0.2) is 0 Å². The van der Waals surface area contributed by atoms with Crippen LogP contribution in [0.1, 0.15) is 44.8 Å². The molecule has 17 heavy (non-hydrogen) atoms. The topological polar surface area (TPSA) is 29.9 Å². The second-order valence-corrected chi connectivity index (χ2v) is 6.26. The molecule has 3 nitrogen and oxygen atoms in total. The maximum absolute atomic E-state index is 4.59. The molecule has 4 heteroatoms. The summed E-state index contributed by atoms with van der Waals surface area (Å²) in [4.78, 5) is 4.59. The van der Waals surface area contributed by atoms with Crippen molar-refractivity contribution in [3.8, 4) is 0 Å². The van der Waals surface area contributed by atoms with Gasteiger partial charge in [-0.3, -0.25) is 0 Å². The van der Waals surface area contributed by atoms with E-state index in [1.807, 2.05) is 11.8 Å². The molecule has 0 amide bonds. The lowest BCUT2D eigenvalue weighted by Gasteiger charge is -2.16. The molecular weight excluding hydrogens is 230 g/mol. The lowest BCUT2D eigenvalue weighted by Crippen LogP contribution is -2.12. The lowest BCUT2D eigenvalue weighted by atomic mass is 10.2. The van der Waals surface area contributed by atoms with Gasteiger partial charge in [-0.05, 0) is 44.6 Å². The molecule has 1 aliphatic rings. The van der Waals surface area contributed by atoms with Gasteiger partial charge in [-0.25, -0.2) is 4.98 Å². The van der Waals surface area contributed by atoms with Crippen molar-refractivity contribution in [1.29, 1.82) is 0 Å². The number of anilines is 1. The zero-order valence-electron chi connectivity index (χ0n) is 11.1. The maximum Gasteiger partial charge on any atom is 0.203 e. The van der Waals surface area contributed by atoms with Gasteiger partial charge in [0.05, 0.1) is 5.69 Å². The zero-order chi connectivity index (χ0) is 12.3. The Bertz CT molecular complexity index is 358. The molecule has 1 atom stereocenters. The van der Waals surface area contributed by atoms with E-state index in [0.29, 0.717) is 12.1 Å². The van der Waals surface area contributed by atoms with E-state index in [2.05, 4.69) is 41.8 Å². The predicted octanol–water partition coefficient (Wildman–Crippen LogP) is 3.47. The maximum atomic E-state index is 4.59. The summed E-state index contributed by atoms with van der Waals surface area (Å²) in [5.74, 6) is 3.51. The van der Waals surface area contributed by atoms with Crippen molar-refractivity contribution in [1.82, 2.24) is 9.55 Å². The molecule has 0 aliphatic heterocycles. The summed E-state index contributed by atoms with van der Waals surface area (Å²) < 4.78 is 2.31. The number of nitrogens with zero attached hydrogens (tertiary/aromatic N) is 2. The summed E-state index contributed by atoms with van der Waals surface area (Å²) in [6, 6.07) is 1.21. The Morgan fingerprint density at radius 2 is 2.35 bits per heavy atom. The molecule has 1 N–H and O–H groups in total. The minimum atomic E-state index is 0.538. The van der Waals surface area contributed by atoms with Crippen LogP contribution in [0.2, 0.25) is 0 Å². The number of aromatic nitrogens is 2. The summed E-state index contributed by atoms with van der Waals surface area (Å²) in [5.41, 5.74) is 1.11. The Morgan fingerprint density at radius 3 is 3.00 bits per heavy atom. The molecule has 2 rings (SSSR count). The molecular formula is C13H23N3S. The number of aryl methyl sites for hydroxylation is 1. The van der Waals surface area contributed by atoms with Gasteiger partial charge in [-0.15, -0.1) is 0 Å². The van der Waals surface area contributed by atoms with Gasteiger partial charge in [0, 0.05) is 18.3 Å². The summed E-state index contributed by atoms with van der Waals surface area (Å²) >= 11 is 2.02. The Hall–Kier alpha value is -0.640. The molecule has 0 radical (unpaired) electrons. The Kier molecular flexibility index (Phi) is 4.37. The Balaban J connectivity index is 1.96. The van der Waals surface area contributed by atoms with Gasteiger partial charge < -0.3 is 9.88 Å². The zero-order valence-corrected chi connectivity index (χ0v) is 11.9. The third-order valence-electron chi connectivity index (χ3n) is 3.12. The Morgan fingerprint density at radius 1 is 1.59 bits per heavy atom. The Labute approximate surface area is 108 Å². The minimum Gasteiger partial charge on any atom is -0.353 e. The van der Waals surface area contributed by atoms with Crippen LogP contribution in [0.3, 0.4) is 0 Å². The second-order valence-electron chi connectivity index (χ2n) is 4.87. The van der Waals surface area contributed by atoms with Crippen LogP contribution in [0.4, 0.5) is 5.95 Å². The quantitative estimate of drug-likeness (QED) is 0.755. The fraction of sp³-hybridized carbons (Fsp3) is 0.769. The molecule has 96 valence electrons. The predicted molar refractivity (Wildman–Crippen MR) is 75.9 cm³/mol. The van der Waals surface area contributed by atoms with Gasteiger partial charge >= 0.3 is 0 Å². The first kappa shape index (κ1) is 12.8. The fourth-order valence-corrected chi connectivity index (χ4v) is 2.70. The van der Waals surface area contributed by atoms with Crippen molar-refractivity contribution >= 4 is 17.7 Å². The number of hydrogen-bond acceptors (Lipinski definition) is 3. The first-order chi connectivity index (χ1) is 8.20. The van der Waals surface area contributed by atoms with E-state index >= 15 is 0 Å². The third-order valence-corrected chi connectivity index (χ3v) is 4.05. The second kappa shape index (κ2) is 5.80. The standard InChI is InChI=1S/C13H23N3S/c1-4-17-8-7-11(3)16-9-10(2)14-13(16)15-12-5-6-12/h9,11-12H,4-8H2,1-3H3,(H,14,15). The van der Waals surface area contributed by atoms with Crippen LogP contribution in [-0.4, -0.2) is 27.1 Å². The lowest BCUT2D eigenvalue weighted by molar-refractivity contribution is 0.538. The van der Waals surface area contributed by atoms with Crippen molar-refractivity contribution in [2.45, 2.75) is 52.1 Å². The van der Waals surface area contributed by atoms with Gasteiger partial charge in [-0.2, -0.15) is 11.8 Å². The normalized spacial score (nSPS) is 17.1. The van der Waals surface area contributed by atoms with Crippen LogP contribution in [0, 0.1) is 6.92 Å². The van der Waals surface area contributed by atoms with Crippen molar-refractivity contribution in [2.75, 3.05) is 16.8 Å². The molecule has 1 unspecified atom stereocenters.